The predicted molar refractivity (Wildman–Crippen MR) is 120 cm³/mol. The van der Waals surface area contributed by atoms with E-state index in [2.05, 4.69) is 20.3 Å². The van der Waals surface area contributed by atoms with Crippen LogP contribution in [0.1, 0.15) is 23.8 Å². The number of pyridine rings is 1. The van der Waals surface area contributed by atoms with Gasteiger partial charge in [-0.2, -0.15) is 13.2 Å². The largest absolute Gasteiger partial charge is 0.488 e. The highest BCUT2D eigenvalue weighted by molar-refractivity contribution is 6.04. The van der Waals surface area contributed by atoms with Gasteiger partial charge in [-0.05, 0) is 25.5 Å². The van der Waals surface area contributed by atoms with Crippen molar-refractivity contribution in [1.29, 1.82) is 0 Å². The molecule has 0 radical (unpaired) electrons. The van der Waals surface area contributed by atoms with E-state index < -0.39 is 36.9 Å². The van der Waals surface area contributed by atoms with Crippen molar-refractivity contribution in [1.82, 2.24) is 20.3 Å². The molecule has 0 spiro atoms. The van der Waals surface area contributed by atoms with Crippen LogP contribution in [0.4, 0.5) is 35.4 Å². The smallest absolute Gasteiger partial charge is 0.408 e. The summed E-state index contributed by atoms with van der Waals surface area (Å²) in [7, 11) is 0. The van der Waals surface area contributed by atoms with Crippen molar-refractivity contribution in [3.8, 4) is 5.75 Å². The highest BCUT2D eigenvalue weighted by Gasteiger charge is 2.41. The fourth-order valence-electron chi connectivity index (χ4n) is 3.81. The number of urea groups is 1. The minimum Gasteiger partial charge on any atom is -0.488 e. The Hall–Kier alpha value is -3.72. The van der Waals surface area contributed by atoms with Gasteiger partial charge >= 0.3 is 12.2 Å². The average Bonchev–Trinajstić information content (AvgIpc) is 3.26. The molecule has 0 aliphatic carbocycles. The normalized spacial score (nSPS) is 18.3. The summed E-state index contributed by atoms with van der Waals surface area (Å²) >= 11 is 0. The molecule has 0 saturated carbocycles. The third-order valence-corrected chi connectivity index (χ3v) is 5.74. The number of carbonyl (C=O) groups excluding carboxylic acids is 2. The SMILES string of the molecule is C[C@@H](NC(=O)c1ccc2c(n1)N(C(=O)Nc1ncc(OC[C@H](O)CO)cn1)[C@H]1CCN2C1)C(F)(F)F. The maximum Gasteiger partial charge on any atom is 0.408 e. The lowest BCUT2D eigenvalue weighted by atomic mass is 10.1. The molecule has 12 nitrogen and oxygen atoms in total. The number of rotatable bonds is 7. The summed E-state index contributed by atoms with van der Waals surface area (Å²) in [4.78, 5) is 41.2. The minimum atomic E-state index is -4.61. The van der Waals surface area contributed by atoms with Crippen LogP contribution in [0.15, 0.2) is 24.5 Å². The molecule has 2 bridgehead atoms. The standard InChI is InChI=1S/C21H24F3N7O5/c1-11(21(22,23)24)27-18(34)15-2-3-16-17(28-15)31(12-4-5-30(16)8-12)20(35)29-19-25-6-14(7-26-19)36-10-13(33)9-32/h2-3,6-7,11-13,32-33H,4-5,8-10H2,1H3,(H,27,34)(H,25,26,29,35)/t11-,12+,13-/m1/s1. The van der Waals surface area contributed by atoms with Crippen molar-refractivity contribution in [2.24, 2.45) is 0 Å². The van der Waals surface area contributed by atoms with Crippen molar-refractivity contribution in [3.63, 3.8) is 0 Å². The highest BCUT2D eigenvalue weighted by atomic mass is 19.4. The second kappa shape index (κ2) is 10.1. The van der Waals surface area contributed by atoms with Gasteiger partial charge in [0.25, 0.3) is 5.91 Å². The van der Waals surface area contributed by atoms with Gasteiger partial charge < -0.3 is 25.2 Å². The lowest BCUT2D eigenvalue weighted by molar-refractivity contribution is -0.149. The first-order chi connectivity index (χ1) is 17.1. The fraction of sp³-hybridized carbons (Fsp3) is 0.476. The first-order valence-corrected chi connectivity index (χ1v) is 11.0. The van der Waals surface area contributed by atoms with Crippen LogP contribution in [0, 0.1) is 0 Å². The van der Waals surface area contributed by atoms with Crippen molar-refractivity contribution in [3.05, 3.63) is 30.2 Å². The predicted octanol–water partition coefficient (Wildman–Crippen LogP) is 0.915. The maximum atomic E-state index is 13.2. The number of aliphatic hydroxyl groups excluding tert-OH is 2. The van der Waals surface area contributed by atoms with Gasteiger partial charge in [-0.1, -0.05) is 0 Å². The highest BCUT2D eigenvalue weighted by Crippen LogP contribution is 2.39. The van der Waals surface area contributed by atoms with E-state index in [0.717, 1.165) is 6.92 Å². The zero-order valence-electron chi connectivity index (χ0n) is 19.1. The third kappa shape index (κ3) is 5.41. The summed E-state index contributed by atoms with van der Waals surface area (Å²) in [5, 5.41) is 22.6. The quantitative estimate of drug-likeness (QED) is 0.425. The maximum absolute atomic E-state index is 13.2. The summed E-state index contributed by atoms with van der Waals surface area (Å²) in [5.74, 6) is -0.710. The summed E-state index contributed by atoms with van der Waals surface area (Å²) in [5.41, 5.74) is 0.319. The van der Waals surface area contributed by atoms with Crippen molar-refractivity contribution in [2.45, 2.75) is 37.7 Å². The molecule has 3 atom stereocenters. The fourth-order valence-corrected chi connectivity index (χ4v) is 3.81. The second-order valence-corrected chi connectivity index (χ2v) is 8.35. The summed E-state index contributed by atoms with van der Waals surface area (Å²) in [6, 6.07) is -0.0958. The van der Waals surface area contributed by atoms with Gasteiger partial charge in [0, 0.05) is 13.1 Å². The zero-order valence-corrected chi connectivity index (χ0v) is 19.1. The van der Waals surface area contributed by atoms with E-state index >= 15 is 0 Å². The molecule has 0 unspecified atom stereocenters. The van der Waals surface area contributed by atoms with Gasteiger partial charge in [-0.15, -0.1) is 0 Å². The number of amides is 3. The van der Waals surface area contributed by atoms with Crippen LogP contribution < -0.4 is 25.2 Å². The van der Waals surface area contributed by atoms with E-state index in [1.807, 2.05) is 10.2 Å². The molecular weight excluding hydrogens is 487 g/mol. The van der Waals surface area contributed by atoms with Crippen molar-refractivity contribution < 1.29 is 37.7 Å². The molecule has 2 aliphatic heterocycles. The Balaban J connectivity index is 1.51. The van der Waals surface area contributed by atoms with Crippen LogP contribution in [0.2, 0.25) is 0 Å². The molecule has 1 saturated heterocycles. The number of nitrogens with zero attached hydrogens (tertiary/aromatic N) is 5. The van der Waals surface area contributed by atoms with Crippen LogP contribution in [0.5, 0.6) is 5.75 Å². The number of hydrogen-bond donors (Lipinski definition) is 4. The Morgan fingerprint density at radius 1 is 1.28 bits per heavy atom. The van der Waals surface area contributed by atoms with E-state index in [9.17, 15) is 27.9 Å². The Labute approximate surface area is 203 Å². The Bertz CT molecular complexity index is 1120. The number of ether oxygens (including phenoxy) is 1. The lowest BCUT2D eigenvalue weighted by Crippen LogP contribution is -2.49. The van der Waals surface area contributed by atoms with Crippen LogP contribution in [0.3, 0.4) is 0 Å². The monoisotopic (exact) mass is 511 g/mol. The average molecular weight is 511 g/mol. The van der Waals surface area contributed by atoms with Gasteiger partial charge in [-0.3, -0.25) is 15.0 Å². The molecule has 36 heavy (non-hydrogen) atoms. The van der Waals surface area contributed by atoms with Crippen LogP contribution in [0.25, 0.3) is 0 Å². The first-order valence-electron chi connectivity index (χ1n) is 11.0. The molecular formula is C21H24F3N7O5. The number of anilines is 3. The number of fused-ring (bicyclic) bond motifs is 4. The first kappa shape index (κ1) is 25.4. The summed E-state index contributed by atoms with van der Waals surface area (Å²) in [6.45, 7) is 1.36. The van der Waals surface area contributed by atoms with Crippen LogP contribution in [-0.4, -0.2) is 87.8 Å². The molecule has 2 aliphatic rings. The van der Waals surface area contributed by atoms with Gasteiger partial charge in [0.05, 0.1) is 30.7 Å². The van der Waals surface area contributed by atoms with Gasteiger partial charge in [0.15, 0.2) is 11.6 Å². The van der Waals surface area contributed by atoms with E-state index in [4.69, 9.17) is 9.84 Å². The van der Waals surface area contributed by atoms with E-state index in [1.165, 1.54) is 23.4 Å². The summed E-state index contributed by atoms with van der Waals surface area (Å²) in [6.07, 6.45) is -2.50. The Morgan fingerprint density at radius 3 is 2.67 bits per heavy atom. The van der Waals surface area contributed by atoms with E-state index in [1.54, 1.807) is 6.07 Å². The Kier molecular flexibility index (Phi) is 7.12. The number of halogens is 3. The third-order valence-electron chi connectivity index (χ3n) is 5.74. The number of aromatic nitrogens is 3. The number of aliphatic hydroxyl groups is 2. The summed E-state index contributed by atoms with van der Waals surface area (Å²) < 4.78 is 43.8. The molecule has 4 rings (SSSR count). The van der Waals surface area contributed by atoms with E-state index in [0.29, 0.717) is 25.2 Å². The molecule has 1 fully saturated rings. The minimum absolute atomic E-state index is 0.0510. The molecule has 2 aromatic rings. The number of hydrogen-bond acceptors (Lipinski definition) is 9. The van der Waals surface area contributed by atoms with Gasteiger partial charge in [0.1, 0.15) is 24.4 Å². The van der Waals surface area contributed by atoms with Crippen molar-refractivity contribution in [2.75, 3.05) is 41.4 Å². The van der Waals surface area contributed by atoms with Crippen LogP contribution in [-0.2, 0) is 0 Å². The molecule has 2 aromatic heterocycles. The van der Waals surface area contributed by atoms with Gasteiger partial charge in [-0.25, -0.2) is 19.7 Å². The van der Waals surface area contributed by atoms with Gasteiger partial charge in [0.2, 0.25) is 5.95 Å². The molecule has 194 valence electrons. The molecule has 4 heterocycles. The number of carbonyl (C=O) groups is 2. The molecule has 3 amide bonds. The van der Waals surface area contributed by atoms with E-state index in [-0.39, 0.29) is 35.9 Å². The molecule has 15 heteroatoms. The van der Waals surface area contributed by atoms with Crippen molar-refractivity contribution >= 4 is 29.4 Å². The molecule has 4 N–H and O–H groups in total. The lowest BCUT2D eigenvalue weighted by Gasteiger charge is -2.35. The topological polar surface area (TPSA) is 153 Å². The zero-order chi connectivity index (χ0) is 26.0. The Morgan fingerprint density at radius 2 is 2.00 bits per heavy atom. The second-order valence-electron chi connectivity index (χ2n) is 8.35. The molecule has 0 aromatic carbocycles. The van der Waals surface area contributed by atoms with Crippen LogP contribution >= 0.6 is 0 Å². The number of alkyl halides is 3. The number of nitrogens with one attached hydrogen (secondary N) is 2.